The Bertz CT molecular complexity index is 504. The van der Waals surface area contributed by atoms with Crippen LogP contribution in [0.3, 0.4) is 0 Å². The van der Waals surface area contributed by atoms with E-state index >= 15 is 0 Å². The average molecular weight is 293 g/mol. The lowest BCUT2D eigenvalue weighted by Crippen LogP contribution is -2.00. The van der Waals surface area contributed by atoms with Crippen molar-refractivity contribution in [3.05, 3.63) is 46.0 Å². The third-order valence-electron chi connectivity index (χ3n) is 2.73. The lowest BCUT2D eigenvalue weighted by Gasteiger charge is -2.14. The molecule has 1 nitrogen and oxygen atoms in total. The van der Waals surface area contributed by atoms with Crippen molar-refractivity contribution in [1.82, 2.24) is 0 Å². The minimum Gasteiger partial charge on any atom is -0.392 e. The van der Waals surface area contributed by atoms with E-state index in [1.807, 2.05) is 6.07 Å². The summed E-state index contributed by atoms with van der Waals surface area (Å²) in [5.41, 5.74) is 4.70. The Kier molecular flexibility index (Phi) is 3.28. The summed E-state index contributed by atoms with van der Waals surface area (Å²) in [5.74, 6) is 0. The number of aliphatic hydroxyl groups is 1. The topological polar surface area (TPSA) is 20.2 Å². The van der Waals surface area contributed by atoms with E-state index in [-0.39, 0.29) is 12.0 Å². The molecule has 1 aliphatic carbocycles. The van der Waals surface area contributed by atoms with E-state index in [2.05, 4.69) is 61.0 Å². The number of halogens is 1. The van der Waals surface area contributed by atoms with Gasteiger partial charge in [0, 0.05) is 4.47 Å². The van der Waals surface area contributed by atoms with Crippen LogP contribution in [0.25, 0.3) is 11.1 Å². The first-order chi connectivity index (χ1) is 7.90. The van der Waals surface area contributed by atoms with Crippen molar-refractivity contribution in [1.29, 1.82) is 0 Å². The van der Waals surface area contributed by atoms with Crippen LogP contribution < -0.4 is 0 Å². The Hall–Kier alpha value is -0.860. The number of hydrogen-bond acceptors (Lipinski definition) is 1. The second kappa shape index (κ2) is 4.43. The summed E-state index contributed by atoms with van der Waals surface area (Å²) in [6.45, 7) is 6.64. The van der Waals surface area contributed by atoms with Gasteiger partial charge in [-0.25, -0.2) is 0 Å². The van der Waals surface area contributed by atoms with E-state index < -0.39 is 0 Å². The van der Waals surface area contributed by atoms with Gasteiger partial charge in [0.05, 0.1) is 6.61 Å². The summed E-state index contributed by atoms with van der Waals surface area (Å²) in [6.07, 6.45) is 4.34. The third-order valence-corrected chi connectivity index (χ3v) is 3.22. The fraction of sp³-hybridized carbons (Fsp3) is 0.333. The van der Waals surface area contributed by atoms with Crippen LogP contribution in [0.1, 0.15) is 31.9 Å². The molecular weight excluding hydrogens is 276 g/mol. The molecule has 0 atom stereocenters. The number of rotatable bonds is 1. The van der Waals surface area contributed by atoms with E-state index in [0.717, 1.165) is 15.6 Å². The molecule has 0 saturated carbocycles. The molecule has 0 bridgehead atoms. The fourth-order valence-electron chi connectivity index (χ4n) is 2.10. The van der Waals surface area contributed by atoms with Gasteiger partial charge < -0.3 is 5.11 Å². The Morgan fingerprint density at radius 3 is 2.53 bits per heavy atom. The lowest BCUT2D eigenvalue weighted by molar-refractivity contribution is 0.350. The molecule has 0 amide bonds. The summed E-state index contributed by atoms with van der Waals surface area (Å²) in [5, 5.41) is 9.39. The van der Waals surface area contributed by atoms with Crippen molar-refractivity contribution >= 4 is 27.1 Å². The van der Waals surface area contributed by atoms with Gasteiger partial charge in [-0.15, -0.1) is 0 Å². The van der Waals surface area contributed by atoms with E-state index in [4.69, 9.17) is 0 Å². The maximum absolute atomic E-state index is 9.39. The first-order valence-electron chi connectivity index (χ1n) is 5.75. The van der Waals surface area contributed by atoms with Crippen molar-refractivity contribution in [3.63, 3.8) is 0 Å². The molecule has 17 heavy (non-hydrogen) atoms. The van der Waals surface area contributed by atoms with Crippen LogP contribution in [0.2, 0.25) is 0 Å². The highest BCUT2D eigenvalue weighted by Gasteiger charge is 2.19. The van der Waals surface area contributed by atoms with Crippen LogP contribution in [0.15, 0.2) is 34.8 Å². The summed E-state index contributed by atoms with van der Waals surface area (Å²) >= 11 is 3.50. The Morgan fingerprint density at radius 2 is 1.94 bits per heavy atom. The van der Waals surface area contributed by atoms with Crippen LogP contribution >= 0.6 is 15.9 Å². The van der Waals surface area contributed by atoms with Gasteiger partial charge in [0.15, 0.2) is 0 Å². The van der Waals surface area contributed by atoms with Gasteiger partial charge >= 0.3 is 0 Å². The highest BCUT2D eigenvalue weighted by Crippen LogP contribution is 2.38. The maximum atomic E-state index is 9.39. The summed E-state index contributed by atoms with van der Waals surface area (Å²) in [7, 11) is 0. The van der Waals surface area contributed by atoms with E-state index in [0.29, 0.717) is 0 Å². The molecule has 2 heteroatoms. The standard InChI is InChI=1S/C15H17BrO/c1-15(2,3)8-10-6-11(9-17)13-5-4-12(16)7-14(10)13/h4-8,17H,9H2,1-3H3/b10-8+. The molecule has 1 aromatic rings. The molecular formula is C15H17BrO. The zero-order valence-corrected chi connectivity index (χ0v) is 12.0. The fourth-order valence-corrected chi connectivity index (χ4v) is 2.46. The van der Waals surface area contributed by atoms with Crippen LogP contribution in [-0.4, -0.2) is 11.7 Å². The molecule has 0 radical (unpaired) electrons. The zero-order chi connectivity index (χ0) is 12.6. The number of benzene rings is 1. The largest absolute Gasteiger partial charge is 0.392 e. The Labute approximate surface area is 111 Å². The molecule has 0 spiro atoms. The minimum atomic E-state index is 0.0934. The Balaban J connectivity index is 2.57. The zero-order valence-electron chi connectivity index (χ0n) is 10.4. The van der Waals surface area contributed by atoms with Crippen LogP contribution in [0.4, 0.5) is 0 Å². The normalized spacial score (nSPS) is 17.2. The van der Waals surface area contributed by atoms with Gasteiger partial charge in [0.2, 0.25) is 0 Å². The second-order valence-electron chi connectivity index (χ2n) is 5.48. The monoisotopic (exact) mass is 292 g/mol. The van der Waals surface area contributed by atoms with Gasteiger partial charge in [-0.3, -0.25) is 0 Å². The number of aliphatic hydroxyl groups excluding tert-OH is 1. The van der Waals surface area contributed by atoms with Gasteiger partial charge in [0.25, 0.3) is 0 Å². The van der Waals surface area contributed by atoms with Crippen molar-refractivity contribution in [3.8, 4) is 0 Å². The Morgan fingerprint density at radius 1 is 1.24 bits per heavy atom. The SMILES string of the molecule is CC(C)(C)/C=C1\C=C(CO)c2ccc(Br)cc21. The maximum Gasteiger partial charge on any atom is 0.0688 e. The average Bonchev–Trinajstić information content (AvgIpc) is 2.54. The van der Waals surface area contributed by atoms with E-state index in [1.165, 1.54) is 11.1 Å². The predicted molar refractivity (Wildman–Crippen MR) is 76.6 cm³/mol. The summed E-state index contributed by atoms with van der Waals surface area (Å²) in [4.78, 5) is 0. The van der Waals surface area contributed by atoms with E-state index in [1.54, 1.807) is 0 Å². The van der Waals surface area contributed by atoms with Gasteiger partial charge in [-0.2, -0.15) is 0 Å². The number of hydrogen-bond donors (Lipinski definition) is 1. The highest BCUT2D eigenvalue weighted by atomic mass is 79.9. The van der Waals surface area contributed by atoms with Crippen LogP contribution in [0, 0.1) is 5.41 Å². The van der Waals surface area contributed by atoms with Crippen molar-refractivity contribution in [2.45, 2.75) is 20.8 Å². The van der Waals surface area contributed by atoms with Crippen LogP contribution in [0.5, 0.6) is 0 Å². The van der Waals surface area contributed by atoms with Crippen LogP contribution in [-0.2, 0) is 0 Å². The molecule has 0 aromatic heterocycles. The van der Waals surface area contributed by atoms with Gasteiger partial charge in [-0.05, 0) is 45.9 Å². The van der Waals surface area contributed by atoms with Gasteiger partial charge in [0.1, 0.15) is 0 Å². The number of allylic oxidation sites excluding steroid dienone is 3. The highest BCUT2D eigenvalue weighted by molar-refractivity contribution is 9.10. The molecule has 90 valence electrons. The lowest BCUT2D eigenvalue weighted by atomic mass is 9.92. The molecule has 0 saturated heterocycles. The first kappa shape index (κ1) is 12.6. The quantitative estimate of drug-likeness (QED) is 0.820. The first-order valence-corrected chi connectivity index (χ1v) is 6.54. The molecule has 1 aromatic carbocycles. The smallest absolute Gasteiger partial charge is 0.0688 e. The van der Waals surface area contributed by atoms with Crippen molar-refractivity contribution in [2.75, 3.05) is 6.61 Å². The molecule has 0 heterocycles. The second-order valence-corrected chi connectivity index (χ2v) is 6.40. The molecule has 2 rings (SSSR count). The van der Waals surface area contributed by atoms with Crippen molar-refractivity contribution < 1.29 is 5.11 Å². The molecule has 0 unspecified atom stereocenters. The van der Waals surface area contributed by atoms with E-state index in [9.17, 15) is 5.11 Å². The molecule has 0 fully saturated rings. The third kappa shape index (κ3) is 2.70. The molecule has 0 aliphatic heterocycles. The molecule has 1 N–H and O–H groups in total. The number of fused-ring (bicyclic) bond motifs is 1. The van der Waals surface area contributed by atoms with Gasteiger partial charge in [-0.1, -0.05) is 48.8 Å². The minimum absolute atomic E-state index is 0.0934. The summed E-state index contributed by atoms with van der Waals surface area (Å²) in [6, 6.07) is 6.19. The summed E-state index contributed by atoms with van der Waals surface area (Å²) < 4.78 is 1.07. The predicted octanol–water partition coefficient (Wildman–Crippen LogP) is 4.27. The molecule has 1 aliphatic rings. The van der Waals surface area contributed by atoms with Crippen molar-refractivity contribution in [2.24, 2.45) is 5.41 Å².